The number of Topliss-reactive ketones (excluding diaryl/α,β-unsaturated/α-hetero) is 2. The lowest BCUT2D eigenvalue weighted by molar-refractivity contribution is -0.150. The average molecular weight is 507 g/mol. The number of ketones is 2. The fourth-order valence-corrected chi connectivity index (χ4v) is 2.40. The zero-order valence-corrected chi connectivity index (χ0v) is 20.8. The van der Waals surface area contributed by atoms with E-state index < -0.39 is 24.6 Å². The first kappa shape index (κ1) is 32.4. The third-order valence-corrected chi connectivity index (χ3v) is 3.90. The Bertz CT molecular complexity index is 643. The van der Waals surface area contributed by atoms with Gasteiger partial charge in [0.25, 0.3) is 0 Å². The summed E-state index contributed by atoms with van der Waals surface area (Å²) in [6.07, 6.45) is 0.255. The topological polar surface area (TPSA) is 156 Å². The normalized spacial score (nSPS) is 10.6. The van der Waals surface area contributed by atoms with E-state index in [1.54, 1.807) is 4.90 Å². The maximum atomic E-state index is 11.7. The average Bonchev–Trinajstić information content (AvgIpc) is 2.78. The number of hydrogen-bond acceptors (Lipinski definition) is 12. The minimum Gasteiger partial charge on any atom is -0.465 e. The largest absolute Gasteiger partial charge is 0.465 e. The van der Waals surface area contributed by atoms with Crippen LogP contribution in [0.3, 0.4) is 0 Å². The highest BCUT2D eigenvalue weighted by Crippen LogP contribution is 1.93. The van der Waals surface area contributed by atoms with Gasteiger partial charge in [0, 0.05) is 26.6 Å². The molecule has 0 aromatic rings. The van der Waals surface area contributed by atoms with Crippen molar-refractivity contribution in [3.05, 3.63) is 0 Å². The van der Waals surface area contributed by atoms with Gasteiger partial charge in [-0.15, -0.1) is 0 Å². The zero-order chi connectivity index (χ0) is 26.3. The summed E-state index contributed by atoms with van der Waals surface area (Å²) in [5, 5.41) is 2.53. The highest BCUT2D eigenvalue weighted by Gasteiger charge is 2.11. The molecule has 0 saturated heterocycles. The maximum Gasteiger partial charge on any atom is 0.407 e. The summed E-state index contributed by atoms with van der Waals surface area (Å²) in [6.45, 7) is 5.98. The van der Waals surface area contributed by atoms with Gasteiger partial charge in [-0.05, 0) is 13.3 Å². The quantitative estimate of drug-likeness (QED) is 0.117. The summed E-state index contributed by atoms with van der Waals surface area (Å²) < 4.78 is 30.1. The van der Waals surface area contributed by atoms with Crippen LogP contribution in [-0.4, -0.2) is 120 Å². The van der Waals surface area contributed by atoms with E-state index in [0.717, 1.165) is 6.42 Å². The summed E-state index contributed by atoms with van der Waals surface area (Å²) in [6, 6.07) is 0. The predicted molar refractivity (Wildman–Crippen MR) is 122 cm³/mol. The Morgan fingerprint density at radius 3 is 2.03 bits per heavy atom. The Labute approximate surface area is 205 Å². The van der Waals surface area contributed by atoms with Gasteiger partial charge in [-0.3, -0.25) is 19.3 Å². The van der Waals surface area contributed by atoms with Crippen molar-refractivity contribution in [2.75, 3.05) is 85.6 Å². The summed E-state index contributed by atoms with van der Waals surface area (Å²) in [5.74, 6) is -1.49. The van der Waals surface area contributed by atoms with Gasteiger partial charge < -0.3 is 33.7 Å². The van der Waals surface area contributed by atoms with Crippen LogP contribution in [0.5, 0.6) is 0 Å². The van der Waals surface area contributed by atoms with Crippen LogP contribution in [0.4, 0.5) is 4.79 Å². The number of amides is 1. The first-order chi connectivity index (χ1) is 16.7. The molecule has 1 N–H and O–H groups in total. The maximum absolute atomic E-state index is 11.7. The van der Waals surface area contributed by atoms with Crippen molar-refractivity contribution in [3.63, 3.8) is 0 Å². The Morgan fingerprint density at radius 2 is 1.37 bits per heavy atom. The lowest BCUT2D eigenvalue weighted by atomic mass is 10.4. The Balaban J connectivity index is 3.72. The van der Waals surface area contributed by atoms with E-state index in [4.69, 9.17) is 28.4 Å². The number of nitrogens with one attached hydrogen (secondary N) is 1. The van der Waals surface area contributed by atoms with E-state index in [-0.39, 0.29) is 70.9 Å². The van der Waals surface area contributed by atoms with Crippen molar-refractivity contribution >= 4 is 29.6 Å². The minimum absolute atomic E-state index is 0.0159. The summed E-state index contributed by atoms with van der Waals surface area (Å²) >= 11 is 0. The first-order valence-electron chi connectivity index (χ1n) is 11.4. The standard InChI is InChI=1S/C22H38N2O11/c1-4-8-35-22(29)23-5-9-30-12-13-31-15-20(27)16-32-17-21(28)34-11-7-24(14-18(2)25)6-10-33-19(3)26/h4-17H2,1-3H3,(H,23,29). The second-order valence-electron chi connectivity index (χ2n) is 7.30. The van der Waals surface area contributed by atoms with Crippen LogP contribution in [0.25, 0.3) is 0 Å². The number of hydrogen-bond donors (Lipinski definition) is 1. The molecule has 0 unspecified atom stereocenters. The lowest BCUT2D eigenvalue weighted by Gasteiger charge is -2.20. The van der Waals surface area contributed by atoms with E-state index in [0.29, 0.717) is 19.7 Å². The lowest BCUT2D eigenvalue weighted by Crippen LogP contribution is -2.35. The van der Waals surface area contributed by atoms with Gasteiger partial charge in [0.2, 0.25) is 0 Å². The molecule has 13 nitrogen and oxygen atoms in total. The van der Waals surface area contributed by atoms with E-state index in [1.807, 2.05) is 6.92 Å². The number of esters is 2. The van der Waals surface area contributed by atoms with E-state index >= 15 is 0 Å². The Kier molecular flexibility index (Phi) is 20.3. The summed E-state index contributed by atoms with van der Waals surface area (Å²) in [5.41, 5.74) is 0. The van der Waals surface area contributed by atoms with Crippen LogP contribution in [0.15, 0.2) is 0 Å². The predicted octanol–water partition coefficient (Wildman–Crippen LogP) is -0.261. The molecule has 0 atom stereocenters. The molecule has 0 spiro atoms. The number of alkyl carbamates (subject to hydrolysis) is 1. The van der Waals surface area contributed by atoms with Crippen molar-refractivity contribution in [2.24, 2.45) is 0 Å². The van der Waals surface area contributed by atoms with Crippen LogP contribution >= 0.6 is 0 Å². The molecule has 0 heterocycles. The zero-order valence-electron chi connectivity index (χ0n) is 20.8. The summed E-state index contributed by atoms with van der Waals surface area (Å²) in [7, 11) is 0. The van der Waals surface area contributed by atoms with Crippen molar-refractivity contribution in [1.29, 1.82) is 0 Å². The van der Waals surface area contributed by atoms with Crippen LogP contribution in [0.2, 0.25) is 0 Å². The van der Waals surface area contributed by atoms with Gasteiger partial charge in [0.1, 0.15) is 38.8 Å². The van der Waals surface area contributed by atoms with Gasteiger partial charge in [0.05, 0.1) is 33.0 Å². The fraction of sp³-hybridized carbons (Fsp3) is 0.773. The van der Waals surface area contributed by atoms with E-state index in [9.17, 15) is 24.0 Å². The van der Waals surface area contributed by atoms with Gasteiger partial charge in [-0.2, -0.15) is 0 Å². The minimum atomic E-state index is -0.651. The SMILES string of the molecule is CCCOC(=O)NCCOCCOCC(=O)COCC(=O)OCCN(CCOC(C)=O)CC(C)=O. The van der Waals surface area contributed by atoms with Gasteiger partial charge in [0.15, 0.2) is 5.78 Å². The third-order valence-electron chi connectivity index (χ3n) is 3.90. The highest BCUT2D eigenvalue weighted by atomic mass is 16.6. The van der Waals surface area contributed by atoms with Crippen LogP contribution in [-0.2, 0) is 47.6 Å². The molecular formula is C22H38N2O11. The highest BCUT2D eigenvalue weighted by molar-refractivity contribution is 5.81. The molecule has 13 heteroatoms. The molecule has 0 aliphatic heterocycles. The van der Waals surface area contributed by atoms with Crippen LogP contribution in [0, 0.1) is 0 Å². The van der Waals surface area contributed by atoms with Crippen LogP contribution in [0.1, 0.15) is 27.2 Å². The summed E-state index contributed by atoms with van der Waals surface area (Å²) in [4.78, 5) is 58.4. The van der Waals surface area contributed by atoms with Crippen molar-refractivity contribution in [2.45, 2.75) is 27.2 Å². The molecule has 0 aromatic carbocycles. The smallest absolute Gasteiger partial charge is 0.407 e. The van der Waals surface area contributed by atoms with E-state index in [1.165, 1.54) is 13.8 Å². The molecular weight excluding hydrogens is 468 g/mol. The molecule has 0 bridgehead atoms. The molecule has 0 aliphatic rings. The fourth-order valence-electron chi connectivity index (χ4n) is 2.40. The van der Waals surface area contributed by atoms with Crippen molar-refractivity contribution in [1.82, 2.24) is 10.2 Å². The first-order valence-corrected chi connectivity index (χ1v) is 11.4. The van der Waals surface area contributed by atoms with Gasteiger partial charge >= 0.3 is 18.0 Å². The second kappa shape index (κ2) is 21.9. The Morgan fingerprint density at radius 1 is 0.714 bits per heavy atom. The molecule has 0 saturated carbocycles. The van der Waals surface area contributed by atoms with Crippen LogP contribution < -0.4 is 5.32 Å². The van der Waals surface area contributed by atoms with Gasteiger partial charge in [-0.1, -0.05) is 6.92 Å². The number of rotatable bonds is 22. The number of ether oxygens (including phenoxy) is 6. The molecule has 202 valence electrons. The molecule has 0 radical (unpaired) electrons. The molecule has 0 rings (SSSR count). The van der Waals surface area contributed by atoms with E-state index in [2.05, 4.69) is 5.32 Å². The molecule has 1 amide bonds. The molecule has 0 aliphatic carbocycles. The number of nitrogens with zero attached hydrogens (tertiary/aromatic N) is 1. The number of carbonyl (C=O) groups is 5. The second-order valence-corrected chi connectivity index (χ2v) is 7.30. The van der Waals surface area contributed by atoms with Crippen molar-refractivity contribution in [3.8, 4) is 0 Å². The third kappa shape index (κ3) is 22.9. The monoisotopic (exact) mass is 506 g/mol. The van der Waals surface area contributed by atoms with Crippen molar-refractivity contribution < 1.29 is 52.4 Å². The number of carbonyl (C=O) groups excluding carboxylic acids is 5. The molecule has 35 heavy (non-hydrogen) atoms. The molecule has 0 aromatic heterocycles. The van der Waals surface area contributed by atoms with Gasteiger partial charge in [-0.25, -0.2) is 9.59 Å². The molecule has 0 fully saturated rings. The Hall–Kier alpha value is -2.61.